The Kier molecular flexibility index (Phi) is 5.36. The molecule has 0 spiro atoms. The number of carboxylic acids is 1. The lowest BCUT2D eigenvalue weighted by molar-refractivity contribution is -0.133. The van der Waals surface area contributed by atoms with Crippen molar-refractivity contribution in [2.45, 2.75) is 0 Å². The smallest absolute Gasteiger partial charge is 0.313 e. The summed E-state index contributed by atoms with van der Waals surface area (Å²) < 4.78 is 0. The molecule has 0 aliphatic heterocycles. The van der Waals surface area contributed by atoms with Gasteiger partial charge in [0.05, 0.1) is 5.75 Å². The van der Waals surface area contributed by atoms with Crippen LogP contribution in [-0.2, 0) is 4.79 Å². The molecular formula is C5H11N3O2S. The summed E-state index contributed by atoms with van der Waals surface area (Å²) >= 11 is 1.29. The number of carbonyl (C=O) groups is 1. The van der Waals surface area contributed by atoms with Crippen LogP contribution in [0.5, 0.6) is 0 Å². The zero-order valence-corrected chi connectivity index (χ0v) is 6.78. The summed E-state index contributed by atoms with van der Waals surface area (Å²) in [5.41, 5.74) is 4.98. The van der Waals surface area contributed by atoms with Crippen molar-refractivity contribution in [1.29, 1.82) is 5.41 Å². The van der Waals surface area contributed by atoms with Gasteiger partial charge < -0.3 is 16.2 Å². The van der Waals surface area contributed by atoms with Gasteiger partial charge in [-0.3, -0.25) is 10.2 Å². The number of carboxylic acid groups (broad SMARTS) is 1. The first kappa shape index (κ1) is 10.1. The molecule has 0 unspecified atom stereocenters. The number of nitrogens with two attached hydrogens (primary N) is 1. The maximum absolute atomic E-state index is 9.99. The quantitative estimate of drug-likeness (QED) is 0.252. The Morgan fingerprint density at radius 3 is 2.82 bits per heavy atom. The van der Waals surface area contributed by atoms with E-state index in [4.69, 9.17) is 16.2 Å². The van der Waals surface area contributed by atoms with Crippen LogP contribution in [0.15, 0.2) is 0 Å². The lowest BCUT2D eigenvalue weighted by Crippen LogP contribution is -2.32. The normalized spacial score (nSPS) is 9.09. The predicted molar refractivity (Wildman–Crippen MR) is 44.9 cm³/mol. The van der Waals surface area contributed by atoms with E-state index >= 15 is 0 Å². The van der Waals surface area contributed by atoms with Crippen molar-refractivity contribution >= 4 is 23.7 Å². The Morgan fingerprint density at radius 2 is 2.36 bits per heavy atom. The van der Waals surface area contributed by atoms with Gasteiger partial charge in [-0.15, -0.1) is 11.8 Å². The Bertz CT molecular complexity index is 135. The highest BCUT2D eigenvalue weighted by Gasteiger charge is 1.95. The van der Waals surface area contributed by atoms with Crippen LogP contribution in [0.4, 0.5) is 0 Å². The molecule has 0 rings (SSSR count). The fourth-order valence-electron chi connectivity index (χ4n) is 0.417. The molecule has 0 amide bonds. The van der Waals surface area contributed by atoms with Gasteiger partial charge >= 0.3 is 5.97 Å². The van der Waals surface area contributed by atoms with Gasteiger partial charge in [0.15, 0.2) is 5.96 Å². The Morgan fingerprint density at radius 1 is 1.73 bits per heavy atom. The third kappa shape index (κ3) is 9.09. The van der Waals surface area contributed by atoms with Crippen LogP contribution in [0.1, 0.15) is 0 Å². The molecule has 0 heterocycles. The third-order valence-electron chi connectivity index (χ3n) is 0.787. The molecule has 5 N–H and O–H groups in total. The summed E-state index contributed by atoms with van der Waals surface area (Å²) in [5, 5.41) is 17.5. The number of rotatable bonds is 5. The van der Waals surface area contributed by atoms with Gasteiger partial charge in [0.25, 0.3) is 0 Å². The monoisotopic (exact) mass is 177 g/mol. The van der Waals surface area contributed by atoms with Crippen LogP contribution >= 0.6 is 11.8 Å². The Labute approximate surface area is 68.9 Å². The summed E-state index contributed by atoms with van der Waals surface area (Å²) in [7, 11) is 0. The van der Waals surface area contributed by atoms with E-state index in [-0.39, 0.29) is 11.7 Å². The van der Waals surface area contributed by atoms with Crippen molar-refractivity contribution < 1.29 is 9.90 Å². The summed E-state index contributed by atoms with van der Waals surface area (Å²) in [6.45, 7) is 0.535. The SMILES string of the molecule is N=C(N)NCCSCC(=O)O. The lowest BCUT2D eigenvalue weighted by Gasteiger charge is -2.00. The molecule has 0 aromatic heterocycles. The van der Waals surface area contributed by atoms with E-state index in [1.54, 1.807) is 0 Å². The maximum atomic E-state index is 9.99. The van der Waals surface area contributed by atoms with Gasteiger partial charge in [0, 0.05) is 12.3 Å². The van der Waals surface area contributed by atoms with Gasteiger partial charge in [0.2, 0.25) is 0 Å². The zero-order valence-electron chi connectivity index (χ0n) is 5.96. The molecule has 0 saturated carbocycles. The summed E-state index contributed by atoms with van der Waals surface area (Å²) in [4.78, 5) is 9.99. The van der Waals surface area contributed by atoms with E-state index < -0.39 is 5.97 Å². The molecule has 0 aromatic rings. The highest BCUT2D eigenvalue weighted by Crippen LogP contribution is 1.96. The fourth-order valence-corrected chi connectivity index (χ4v) is 0.983. The number of thioether (sulfide) groups is 1. The van der Waals surface area contributed by atoms with Crippen molar-refractivity contribution in [3.05, 3.63) is 0 Å². The van der Waals surface area contributed by atoms with Gasteiger partial charge in [0.1, 0.15) is 0 Å². The molecule has 0 aliphatic rings. The fraction of sp³-hybridized carbons (Fsp3) is 0.600. The number of hydrogen-bond donors (Lipinski definition) is 4. The highest BCUT2D eigenvalue weighted by atomic mass is 32.2. The van der Waals surface area contributed by atoms with Crippen LogP contribution in [0.3, 0.4) is 0 Å². The average molecular weight is 177 g/mol. The number of nitrogens with one attached hydrogen (secondary N) is 2. The molecular weight excluding hydrogens is 166 g/mol. The van der Waals surface area contributed by atoms with Gasteiger partial charge in [-0.2, -0.15) is 0 Å². The molecule has 0 aromatic carbocycles. The van der Waals surface area contributed by atoms with Crippen LogP contribution in [0.25, 0.3) is 0 Å². The number of guanidine groups is 1. The van der Waals surface area contributed by atoms with Crippen molar-refractivity contribution in [1.82, 2.24) is 5.32 Å². The van der Waals surface area contributed by atoms with Crippen LogP contribution in [0, 0.1) is 5.41 Å². The number of aliphatic carboxylic acids is 1. The average Bonchev–Trinajstić information content (AvgIpc) is 1.85. The first-order valence-corrected chi connectivity index (χ1v) is 4.16. The molecule has 0 saturated heterocycles. The maximum Gasteiger partial charge on any atom is 0.313 e. The van der Waals surface area contributed by atoms with Crippen molar-refractivity contribution in [2.24, 2.45) is 5.73 Å². The highest BCUT2D eigenvalue weighted by molar-refractivity contribution is 7.99. The van der Waals surface area contributed by atoms with Crippen molar-refractivity contribution in [3.8, 4) is 0 Å². The standard InChI is InChI=1S/C5H11N3O2S/c6-5(7)8-1-2-11-3-4(9)10/h1-3H2,(H,9,10)(H4,6,7,8). The second-order valence-electron chi connectivity index (χ2n) is 1.79. The van der Waals surface area contributed by atoms with E-state index in [9.17, 15) is 4.79 Å². The molecule has 6 heteroatoms. The van der Waals surface area contributed by atoms with Crippen LogP contribution < -0.4 is 11.1 Å². The van der Waals surface area contributed by atoms with Crippen LogP contribution in [0.2, 0.25) is 0 Å². The third-order valence-corrected chi connectivity index (χ3v) is 1.73. The first-order chi connectivity index (χ1) is 5.13. The lowest BCUT2D eigenvalue weighted by atomic mass is 10.7. The Balaban J connectivity index is 3.03. The molecule has 0 aliphatic carbocycles. The minimum atomic E-state index is -0.821. The molecule has 0 bridgehead atoms. The Hall–Kier alpha value is -0.910. The van der Waals surface area contributed by atoms with E-state index in [0.29, 0.717) is 12.3 Å². The van der Waals surface area contributed by atoms with Crippen molar-refractivity contribution in [2.75, 3.05) is 18.1 Å². The molecule has 0 radical (unpaired) electrons. The van der Waals surface area contributed by atoms with Gasteiger partial charge in [-0.25, -0.2) is 0 Å². The van der Waals surface area contributed by atoms with E-state index in [0.717, 1.165) is 0 Å². The second kappa shape index (κ2) is 5.84. The molecule has 0 fully saturated rings. The summed E-state index contributed by atoms with van der Waals surface area (Å²) in [6.07, 6.45) is 0. The predicted octanol–water partition coefficient (Wildman–Crippen LogP) is -0.713. The first-order valence-electron chi connectivity index (χ1n) is 3.00. The molecule has 64 valence electrons. The topological polar surface area (TPSA) is 99.2 Å². The largest absolute Gasteiger partial charge is 0.481 e. The minimum Gasteiger partial charge on any atom is -0.481 e. The van der Waals surface area contributed by atoms with Gasteiger partial charge in [-0.1, -0.05) is 0 Å². The minimum absolute atomic E-state index is 0.0825. The van der Waals surface area contributed by atoms with Crippen molar-refractivity contribution in [3.63, 3.8) is 0 Å². The zero-order chi connectivity index (χ0) is 8.69. The van der Waals surface area contributed by atoms with Gasteiger partial charge in [-0.05, 0) is 0 Å². The van der Waals surface area contributed by atoms with Crippen LogP contribution in [-0.4, -0.2) is 35.1 Å². The molecule has 5 nitrogen and oxygen atoms in total. The summed E-state index contributed by atoms with van der Waals surface area (Å²) in [5.74, 6) is -0.162. The van der Waals surface area contributed by atoms with E-state index in [1.807, 2.05) is 0 Å². The number of hydrogen-bond acceptors (Lipinski definition) is 3. The van der Waals surface area contributed by atoms with E-state index in [1.165, 1.54) is 11.8 Å². The summed E-state index contributed by atoms with van der Waals surface area (Å²) in [6, 6.07) is 0. The van der Waals surface area contributed by atoms with E-state index in [2.05, 4.69) is 5.32 Å². The molecule has 0 atom stereocenters. The molecule has 11 heavy (non-hydrogen) atoms. The second-order valence-corrected chi connectivity index (χ2v) is 2.89.